The number of nitrogens with one attached hydrogen (secondary N) is 1. The Kier molecular flexibility index (Phi) is 41.0. The third-order valence-corrected chi connectivity index (χ3v) is 18.1. The second kappa shape index (κ2) is 48.2. The van der Waals surface area contributed by atoms with Gasteiger partial charge in [0, 0.05) is 105 Å². The number of carbonyl (C=O) groups is 4. The van der Waals surface area contributed by atoms with Gasteiger partial charge in [0.15, 0.2) is 0 Å². The Morgan fingerprint density at radius 3 is 1.16 bits per heavy atom. The molecule has 12 atom stereocenters. The molecule has 0 radical (unpaired) electrons. The largest absolute Gasteiger partial charge is 0.477 e. The molecule has 6 aromatic heterocycles. The van der Waals surface area contributed by atoms with Crippen molar-refractivity contribution in [3.05, 3.63) is 189 Å². The van der Waals surface area contributed by atoms with Crippen molar-refractivity contribution >= 4 is 65.9 Å². The minimum absolute atomic E-state index is 0. The van der Waals surface area contributed by atoms with E-state index in [0.717, 1.165) is 19.3 Å². The number of aliphatic hydroxyl groups excluding tert-OH is 2. The van der Waals surface area contributed by atoms with Crippen LogP contribution < -0.4 is 55.9 Å². The topological polar surface area (TPSA) is 479 Å². The van der Waals surface area contributed by atoms with Gasteiger partial charge in [0.2, 0.25) is 0 Å². The number of aromatic carboxylic acids is 1. The second-order valence-electron chi connectivity index (χ2n) is 26.4. The minimum atomic E-state index is -1.21. The molecule has 622 valence electrons. The number of pyridine rings is 5. The maximum Gasteiger partial charge on any atom is 0.412 e. The van der Waals surface area contributed by atoms with E-state index in [-0.39, 0.29) is 143 Å². The number of esters is 2. The molecule has 38 heteroatoms. The SMILES string of the molecule is COC(=O)c1cccn(C2CCOC[C@H]2O)c1=O.COC(=O)c1cccoc1=O.CO[C@@H]1COCCC1n1cccc(C(=O)O)c1=O.CO[C@@H]1COCCC1n1cccc(N)c1=O.CO[C@@H]1COCCC1n1cccc(N)c1=O.CO[C@@H]1COCCC1n1cccc(NC(=O)OC(C)(C)C)c1=O.Cl.Cl.N[C@@H]1CCOC[C@@H]1O. The zero-order valence-electron chi connectivity index (χ0n) is 64.0. The summed E-state index contributed by atoms with van der Waals surface area (Å²) in [7, 11) is 8.84. The van der Waals surface area contributed by atoms with Crippen molar-refractivity contribution in [2.75, 3.05) is 139 Å². The van der Waals surface area contributed by atoms with Crippen LogP contribution in [0.5, 0.6) is 0 Å². The van der Waals surface area contributed by atoms with Gasteiger partial charge in [-0.15, -0.1) is 24.8 Å². The Hall–Kier alpha value is -8.96. The summed E-state index contributed by atoms with van der Waals surface area (Å²) in [6, 6.07) is 18.0. The number of rotatable bonds is 13. The molecule has 12 rings (SSSR count). The van der Waals surface area contributed by atoms with Crippen molar-refractivity contribution in [2.24, 2.45) is 5.73 Å². The monoisotopic (exact) mass is 1620 g/mol. The molecule has 6 aliphatic rings. The van der Waals surface area contributed by atoms with Crippen LogP contribution in [0, 0.1) is 0 Å². The highest BCUT2D eigenvalue weighted by Crippen LogP contribution is 2.27. The number of aliphatic hydroxyl groups is 2. The van der Waals surface area contributed by atoms with E-state index in [9.17, 15) is 53.1 Å². The van der Waals surface area contributed by atoms with E-state index in [0.29, 0.717) is 91.9 Å². The fourth-order valence-electron chi connectivity index (χ4n) is 12.2. The first-order valence-corrected chi connectivity index (χ1v) is 35.4. The van der Waals surface area contributed by atoms with Gasteiger partial charge >= 0.3 is 29.6 Å². The molecular formula is C74H105Cl2N9O27. The lowest BCUT2D eigenvalue weighted by atomic mass is 10.1. The molecule has 0 saturated carbocycles. The number of carboxylic acids is 1. The van der Waals surface area contributed by atoms with Crippen LogP contribution in [-0.4, -0.2) is 232 Å². The Labute approximate surface area is 657 Å². The van der Waals surface area contributed by atoms with Crippen LogP contribution in [0.3, 0.4) is 0 Å². The highest BCUT2D eigenvalue weighted by molar-refractivity contribution is 5.89. The van der Waals surface area contributed by atoms with E-state index >= 15 is 0 Å². The summed E-state index contributed by atoms with van der Waals surface area (Å²) >= 11 is 0. The van der Waals surface area contributed by atoms with Crippen molar-refractivity contribution < 1.29 is 100 Å². The van der Waals surface area contributed by atoms with Gasteiger partial charge in [0.05, 0.1) is 114 Å². The van der Waals surface area contributed by atoms with E-state index < -0.39 is 58.6 Å². The molecule has 12 heterocycles. The third-order valence-electron chi connectivity index (χ3n) is 18.1. The Morgan fingerprint density at radius 2 is 0.786 bits per heavy atom. The fourth-order valence-corrected chi connectivity index (χ4v) is 12.2. The molecule has 112 heavy (non-hydrogen) atoms. The zero-order valence-corrected chi connectivity index (χ0v) is 65.6. The highest BCUT2D eigenvalue weighted by atomic mass is 35.5. The molecule has 6 fully saturated rings. The first-order valence-electron chi connectivity index (χ1n) is 35.4. The summed E-state index contributed by atoms with van der Waals surface area (Å²) in [6.45, 7) is 11.3. The van der Waals surface area contributed by atoms with Crippen molar-refractivity contribution in [2.45, 2.75) is 138 Å². The van der Waals surface area contributed by atoms with Gasteiger partial charge < -0.3 is 121 Å². The van der Waals surface area contributed by atoms with Crippen molar-refractivity contribution in [3.8, 4) is 0 Å². The van der Waals surface area contributed by atoms with E-state index in [1.165, 1.54) is 53.9 Å². The molecule has 0 aliphatic carbocycles. The van der Waals surface area contributed by atoms with Crippen LogP contribution in [0.4, 0.5) is 21.9 Å². The molecular weight excluding hydrogens is 1520 g/mol. The number of methoxy groups -OCH3 is 6. The highest BCUT2D eigenvalue weighted by Gasteiger charge is 2.33. The number of hydrogen-bond acceptors (Lipinski definition) is 29. The number of halogens is 2. The summed E-state index contributed by atoms with van der Waals surface area (Å²) in [5.74, 6) is -2.56. The summed E-state index contributed by atoms with van der Waals surface area (Å²) in [6.07, 6.45) is 11.3. The van der Waals surface area contributed by atoms with Crippen LogP contribution in [0.2, 0.25) is 0 Å². The van der Waals surface area contributed by atoms with Gasteiger partial charge in [0.25, 0.3) is 27.8 Å². The van der Waals surface area contributed by atoms with Crippen LogP contribution in [0.25, 0.3) is 0 Å². The van der Waals surface area contributed by atoms with Gasteiger partial charge in [-0.05, 0) is 132 Å². The lowest BCUT2D eigenvalue weighted by Gasteiger charge is -2.32. The van der Waals surface area contributed by atoms with Gasteiger partial charge in [-0.1, -0.05) is 0 Å². The molecule has 0 spiro atoms. The Morgan fingerprint density at radius 1 is 0.446 bits per heavy atom. The number of hydrogen-bond donors (Lipinski definition) is 7. The maximum atomic E-state index is 12.6. The summed E-state index contributed by atoms with van der Waals surface area (Å²) in [4.78, 5) is 116. The molecule has 6 aliphatic heterocycles. The average molecular weight is 1620 g/mol. The van der Waals surface area contributed by atoms with E-state index in [1.54, 1.807) is 142 Å². The quantitative estimate of drug-likeness (QED) is 0.0638. The van der Waals surface area contributed by atoms with Crippen LogP contribution in [0.1, 0.15) is 121 Å². The zero-order chi connectivity index (χ0) is 80.6. The number of nitrogen functional groups attached to an aromatic ring is 2. The van der Waals surface area contributed by atoms with Crippen molar-refractivity contribution in [1.29, 1.82) is 0 Å². The first-order chi connectivity index (χ1) is 52.6. The van der Waals surface area contributed by atoms with Crippen LogP contribution >= 0.6 is 24.8 Å². The number of carbonyl (C=O) groups excluding carboxylic acids is 3. The molecule has 0 bridgehead atoms. The number of nitrogens with two attached hydrogens (primary N) is 3. The summed E-state index contributed by atoms with van der Waals surface area (Å²) < 4.78 is 78.8. The predicted molar refractivity (Wildman–Crippen MR) is 412 cm³/mol. The number of ether oxygens (including phenoxy) is 13. The molecule has 6 aromatic rings. The second-order valence-corrected chi connectivity index (χ2v) is 26.4. The van der Waals surface area contributed by atoms with Crippen molar-refractivity contribution in [3.63, 3.8) is 0 Å². The van der Waals surface area contributed by atoms with E-state index in [1.807, 2.05) is 0 Å². The van der Waals surface area contributed by atoms with Crippen LogP contribution in [-0.2, 0) is 61.6 Å². The Balaban J connectivity index is 0.000000279. The lowest BCUT2D eigenvalue weighted by molar-refractivity contribution is -0.0609. The summed E-state index contributed by atoms with van der Waals surface area (Å²) in [5.41, 5.74) is 14.2. The predicted octanol–water partition coefficient (Wildman–Crippen LogP) is 3.83. The average Bonchev–Trinajstić information content (AvgIpc) is 0.775. The standard InChI is InChI=1S/C16H24N2O5.2C12H15NO5.2C11H16N2O3.C7H6O4.C5H11NO2.2ClH/c1-16(2,3)23-15(20)17-11-6-5-8-18(14(11)19)12-7-9-22-10-13(12)21-4;1-17-10-7-18-6-4-9(10)13-5-2-3-8(11(13)14)12(15)16;1-17-12(16)8-3-2-5-13(11(8)15)9-4-6-18-7-10(9)14;2*1-15-10-7-16-6-4-9(10)13-5-2-3-8(12)11(13)14;1-10-6(8)5-3-2-4-11-7(5)9;6-4-1-2-8-3-5(4)7;;/h5-6,8,12-13H,7,9-10H2,1-4H3,(H,17,20);2-3,5,9-10H,4,6-7H2,1H3,(H,15,16);2-3,5,9-10,14H,4,6-7H2,1H3;2*2-3,5,9-10H,4,6-7,12H2,1H3;2-4H,1H3;4-5,7H,1-3,6H2;2*1H/t12?,13-;4*9?,10-;;4-,5+;;/m11111.1../s1. The number of nitrogens with zero attached hydrogens (tertiary/aromatic N) is 5. The lowest BCUT2D eigenvalue weighted by Crippen LogP contribution is -2.42. The number of anilines is 3. The van der Waals surface area contributed by atoms with Crippen LogP contribution in [0.15, 0.2) is 143 Å². The Bertz CT molecular complexity index is 4190. The molecule has 0 aromatic carbocycles. The van der Waals surface area contributed by atoms with Gasteiger partial charge in [-0.25, -0.2) is 24.0 Å². The summed E-state index contributed by atoms with van der Waals surface area (Å²) in [5, 5.41) is 30.2. The fraction of sp³-hybridized carbons (Fsp3) is 0.541. The third kappa shape index (κ3) is 27.7. The maximum absolute atomic E-state index is 12.6. The molecule has 36 nitrogen and oxygen atoms in total. The van der Waals surface area contributed by atoms with E-state index in [2.05, 4.69) is 19.2 Å². The number of amides is 1. The molecule has 10 N–H and O–H groups in total. The first kappa shape index (κ1) is 95.4. The molecule has 6 saturated heterocycles. The van der Waals surface area contributed by atoms with Crippen molar-refractivity contribution in [1.82, 2.24) is 22.8 Å². The number of aromatic nitrogens is 5. The molecule has 5 unspecified atom stereocenters. The minimum Gasteiger partial charge on any atom is -0.477 e. The smallest absolute Gasteiger partial charge is 0.412 e. The van der Waals surface area contributed by atoms with E-state index in [4.69, 9.17) is 79.5 Å². The molecule has 1 amide bonds. The normalized spacial score (nSPS) is 23.1. The number of carboxylic acid groups (broad SMARTS) is 1. The van der Waals surface area contributed by atoms with Gasteiger partial charge in [-0.2, -0.15) is 0 Å². The van der Waals surface area contributed by atoms with Gasteiger partial charge in [-0.3, -0.25) is 29.3 Å². The van der Waals surface area contributed by atoms with Gasteiger partial charge in [0.1, 0.15) is 52.4 Å².